The van der Waals surface area contributed by atoms with E-state index < -0.39 is 10.0 Å². The Morgan fingerprint density at radius 3 is 2.45 bits per heavy atom. The van der Waals surface area contributed by atoms with E-state index >= 15 is 0 Å². The topological polar surface area (TPSA) is 134 Å². The molecule has 0 atom stereocenters. The molecule has 0 unspecified atom stereocenters. The molecule has 1 saturated heterocycles. The van der Waals surface area contributed by atoms with Crippen LogP contribution in [0.25, 0.3) is 11.4 Å². The number of fused-ring (bicyclic) bond motifs is 3. The zero-order chi connectivity index (χ0) is 29.9. The van der Waals surface area contributed by atoms with Gasteiger partial charge in [0.25, 0.3) is 5.91 Å². The molecule has 0 saturated carbocycles. The lowest BCUT2D eigenvalue weighted by atomic mass is 9.93. The predicted molar refractivity (Wildman–Crippen MR) is 165 cm³/mol. The number of rotatable bonds is 11. The number of hydrogen-bond acceptors (Lipinski definition) is 8. The van der Waals surface area contributed by atoms with Gasteiger partial charge in [-0.05, 0) is 61.8 Å². The van der Waals surface area contributed by atoms with E-state index in [1.165, 1.54) is 0 Å². The first-order valence-electron chi connectivity index (χ1n) is 15.0. The van der Waals surface area contributed by atoms with Crippen LogP contribution in [0.4, 0.5) is 11.6 Å². The first kappa shape index (κ1) is 30.1. The summed E-state index contributed by atoms with van der Waals surface area (Å²) in [5.41, 5.74) is 7.08. The van der Waals surface area contributed by atoms with Crippen LogP contribution in [0.3, 0.4) is 0 Å². The third-order valence-corrected chi connectivity index (χ3v) is 10.2. The molecule has 0 bridgehead atoms. The normalized spacial score (nSPS) is 15.7. The monoisotopic (exact) mass is 594 g/mol. The number of sulfonamides is 1. The fraction of sp³-hybridized carbons (Fsp3) is 0.533. The summed E-state index contributed by atoms with van der Waals surface area (Å²) in [6.45, 7) is 8.31. The number of para-hydroxylation sites is 1. The van der Waals surface area contributed by atoms with Gasteiger partial charge < -0.3 is 16.0 Å². The maximum absolute atomic E-state index is 13.6. The van der Waals surface area contributed by atoms with Gasteiger partial charge in [0.1, 0.15) is 0 Å². The van der Waals surface area contributed by atoms with Crippen molar-refractivity contribution in [2.75, 3.05) is 42.6 Å². The molecule has 0 spiro atoms. The number of amides is 1. The number of carbonyl (C=O) groups excluding carboxylic acids is 1. The average molecular weight is 595 g/mol. The zero-order valence-corrected chi connectivity index (χ0v) is 25.9. The Bertz CT molecular complexity index is 1520. The largest absolute Gasteiger partial charge is 0.351 e. The fourth-order valence-electron chi connectivity index (χ4n) is 5.95. The fourth-order valence-corrected chi connectivity index (χ4v) is 7.38. The molecule has 226 valence electrons. The molecule has 3 N–H and O–H groups in total. The molecule has 1 aromatic carbocycles. The highest BCUT2D eigenvalue weighted by molar-refractivity contribution is 7.89. The number of aromatic nitrogens is 4. The van der Waals surface area contributed by atoms with Crippen molar-refractivity contribution in [2.45, 2.75) is 65.3 Å². The summed E-state index contributed by atoms with van der Waals surface area (Å²) in [6, 6.07) is 6.22. The van der Waals surface area contributed by atoms with Crippen LogP contribution in [-0.4, -0.2) is 76.4 Å². The lowest BCUT2D eigenvalue weighted by molar-refractivity contribution is 0.102. The Balaban J connectivity index is 1.31. The van der Waals surface area contributed by atoms with Crippen LogP contribution >= 0.6 is 0 Å². The molecule has 1 aliphatic heterocycles. The minimum absolute atomic E-state index is 0.0746. The number of hydrogen-bond donors (Lipinski definition) is 3. The van der Waals surface area contributed by atoms with Gasteiger partial charge in [-0.2, -0.15) is 5.10 Å². The molecule has 3 heterocycles. The molecule has 42 heavy (non-hydrogen) atoms. The standard InChI is InChI=1S/C30H42N8O3S/c1-5-20-9-8-10-21(6-2)25(20)34-29(39)27-24-12-11-22-19-32-30(35-26(22)28(24)37(4)36-27)33-23-13-16-38(17-14-23)42(40,41)18-15-31-7-3/h8-10,19,23,31H,5-7,11-18H2,1-4H3,(H,34,39)(H,32,33,35). The van der Waals surface area contributed by atoms with Crippen LogP contribution in [0.5, 0.6) is 0 Å². The Kier molecular flexibility index (Phi) is 9.24. The number of anilines is 2. The maximum Gasteiger partial charge on any atom is 0.276 e. The smallest absolute Gasteiger partial charge is 0.276 e. The van der Waals surface area contributed by atoms with Crippen molar-refractivity contribution in [3.05, 3.63) is 52.3 Å². The third-order valence-electron chi connectivity index (χ3n) is 8.30. The number of nitrogens with zero attached hydrogens (tertiary/aromatic N) is 5. The predicted octanol–water partition coefficient (Wildman–Crippen LogP) is 3.17. The van der Waals surface area contributed by atoms with Gasteiger partial charge in [-0.25, -0.2) is 22.7 Å². The van der Waals surface area contributed by atoms with E-state index in [0.29, 0.717) is 50.5 Å². The van der Waals surface area contributed by atoms with Crippen molar-refractivity contribution in [3.63, 3.8) is 0 Å². The van der Waals surface area contributed by atoms with E-state index in [-0.39, 0.29) is 17.7 Å². The van der Waals surface area contributed by atoms with Crippen molar-refractivity contribution >= 4 is 27.6 Å². The van der Waals surface area contributed by atoms with Gasteiger partial charge in [0.2, 0.25) is 16.0 Å². The second-order valence-electron chi connectivity index (χ2n) is 11.0. The first-order chi connectivity index (χ1) is 20.2. The van der Waals surface area contributed by atoms with E-state index in [1.54, 1.807) is 8.99 Å². The van der Waals surface area contributed by atoms with E-state index in [2.05, 4.69) is 52.0 Å². The summed E-state index contributed by atoms with van der Waals surface area (Å²) >= 11 is 0. The second-order valence-corrected chi connectivity index (χ2v) is 13.1. The Morgan fingerprint density at radius 2 is 1.79 bits per heavy atom. The van der Waals surface area contributed by atoms with E-state index in [9.17, 15) is 13.2 Å². The SMILES string of the molecule is CCNCCS(=O)(=O)N1CCC(Nc2ncc3c(n2)-c2c(c(C(=O)Nc4c(CC)cccc4CC)nn2C)CC3)CC1. The number of piperidine rings is 1. The van der Waals surface area contributed by atoms with Crippen molar-refractivity contribution in [1.82, 2.24) is 29.4 Å². The summed E-state index contributed by atoms with van der Waals surface area (Å²) in [5, 5.41) is 14.3. The minimum atomic E-state index is -3.27. The quantitative estimate of drug-likeness (QED) is 0.288. The molecular weight excluding hydrogens is 552 g/mol. The summed E-state index contributed by atoms with van der Waals surface area (Å²) in [4.78, 5) is 23.0. The van der Waals surface area contributed by atoms with Crippen LogP contribution in [-0.2, 0) is 42.8 Å². The number of nitrogens with one attached hydrogen (secondary N) is 3. The lowest BCUT2D eigenvalue weighted by Crippen LogP contribution is -2.44. The minimum Gasteiger partial charge on any atom is -0.351 e. The molecule has 3 aromatic rings. The molecular formula is C30H42N8O3S. The number of carbonyl (C=O) groups is 1. The molecule has 1 fully saturated rings. The number of aryl methyl sites for hydroxylation is 4. The molecule has 5 rings (SSSR count). The second kappa shape index (κ2) is 12.9. The van der Waals surface area contributed by atoms with E-state index in [4.69, 9.17) is 4.98 Å². The zero-order valence-electron chi connectivity index (χ0n) is 25.0. The van der Waals surface area contributed by atoms with Crippen LogP contribution in [0.2, 0.25) is 0 Å². The third kappa shape index (κ3) is 6.20. The summed E-state index contributed by atoms with van der Waals surface area (Å²) in [5.74, 6) is 0.419. The molecule has 2 aromatic heterocycles. The molecule has 0 radical (unpaired) electrons. The molecule has 11 nitrogen and oxygen atoms in total. The van der Waals surface area contributed by atoms with Gasteiger partial charge in [-0.1, -0.05) is 39.0 Å². The molecule has 1 amide bonds. The first-order valence-corrected chi connectivity index (χ1v) is 16.7. The highest BCUT2D eigenvalue weighted by atomic mass is 32.2. The highest BCUT2D eigenvalue weighted by Gasteiger charge is 2.31. The molecule has 2 aliphatic rings. The van der Waals surface area contributed by atoms with Gasteiger partial charge in [0.15, 0.2) is 5.69 Å². The van der Waals surface area contributed by atoms with Gasteiger partial charge >= 0.3 is 0 Å². The summed E-state index contributed by atoms with van der Waals surface area (Å²) < 4.78 is 28.7. The lowest BCUT2D eigenvalue weighted by Gasteiger charge is -2.31. The van der Waals surface area contributed by atoms with Crippen molar-refractivity contribution in [3.8, 4) is 11.4 Å². The Hall–Kier alpha value is -3.35. The van der Waals surface area contributed by atoms with E-state index in [0.717, 1.165) is 65.1 Å². The van der Waals surface area contributed by atoms with Crippen molar-refractivity contribution < 1.29 is 13.2 Å². The number of benzene rings is 1. The van der Waals surface area contributed by atoms with Crippen LogP contribution in [0.15, 0.2) is 24.4 Å². The summed E-state index contributed by atoms with van der Waals surface area (Å²) in [7, 11) is -1.41. The van der Waals surface area contributed by atoms with Crippen LogP contribution in [0.1, 0.15) is 66.4 Å². The van der Waals surface area contributed by atoms with Gasteiger partial charge in [-0.15, -0.1) is 0 Å². The van der Waals surface area contributed by atoms with Gasteiger partial charge in [0, 0.05) is 50.2 Å². The maximum atomic E-state index is 13.6. The van der Waals surface area contributed by atoms with Crippen molar-refractivity contribution in [1.29, 1.82) is 0 Å². The van der Waals surface area contributed by atoms with Crippen molar-refractivity contribution in [2.24, 2.45) is 7.05 Å². The van der Waals surface area contributed by atoms with Gasteiger partial charge in [-0.3, -0.25) is 9.48 Å². The summed E-state index contributed by atoms with van der Waals surface area (Å²) in [6.07, 6.45) is 6.29. The van der Waals surface area contributed by atoms with E-state index in [1.807, 2.05) is 26.2 Å². The average Bonchev–Trinajstić information content (AvgIpc) is 3.34. The molecule has 1 aliphatic carbocycles. The Labute approximate surface area is 248 Å². The van der Waals surface area contributed by atoms with Crippen LogP contribution in [0, 0.1) is 0 Å². The van der Waals surface area contributed by atoms with Crippen LogP contribution < -0.4 is 16.0 Å². The van der Waals surface area contributed by atoms with Gasteiger partial charge in [0.05, 0.1) is 17.1 Å². The Morgan fingerprint density at radius 1 is 1.07 bits per heavy atom. The highest BCUT2D eigenvalue weighted by Crippen LogP contribution is 2.35. The molecule has 12 heteroatoms.